The third-order valence-electron chi connectivity index (χ3n) is 2.34. The van der Waals surface area contributed by atoms with Gasteiger partial charge in [0.1, 0.15) is 5.82 Å². The van der Waals surface area contributed by atoms with Crippen LogP contribution in [0.2, 0.25) is 5.28 Å². The lowest BCUT2D eigenvalue weighted by Gasteiger charge is -2.10. The molecular weight excluding hydrogens is 222 g/mol. The van der Waals surface area contributed by atoms with Crippen LogP contribution in [0.4, 0.5) is 11.5 Å². The second-order valence-electron chi connectivity index (χ2n) is 3.61. The lowest BCUT2D eigenvalue weighted by Crippen LogP contribution is -1.99. The van der Waals surface area contributed by atoms with Crippen LogP contribution >= 0.6 is 11.6 Å². The fourth-order valence-electron chi connectivity index (χ4n) is 1.39. The minimum atomic E-state index is 0.252. The van der Waals surface area contributed by atoms with Gasteiger partial charge in [0.2, 0.25) is 5.28 Å². The predicted molar refractivity (Wildman–Crippen MR) is 66.2 cm³/mol. The number of halogens is 1. The molecule has 0 atom stereocenters. The summed E-state index contributed by atoms with van der Waals surface area (Å²) in [5.41, 5.74) is 3.16. The minimum Gasteiger partial charge on any atom is -0.340 e. The second kappa shape index (κ2) is 4.49. The third kappa shape index (κ3) is 2.31. The highest BCUT2D eigenvalue weighted by atomic mass is 35.5. The van der Waals surface area contributed by atoms with E-state index in [9.17, 15) is 0 Å². The lowest BCUT2D eigenvalue weighted by atomic mass is 10.2. The quantitative estimate of drug-likeness (QED) is 0.807. The van der Waals surface area contributed by atoms with Gasteiger partial charge in [-0.3, -0.25) is 0 Å². The van der Waals surface area contributed by atoms with E-state index in [1.54, 1.807) is 6.20 Å². The number of hydrogen-bond donors (Lipinski definition) is 1. The fraction of sp³-hybridized carbons (Fsp3) is 0.167. The van der Waals surface area contributed by atoms with Gasteiger partial charge in [-0.25, -0.2) is 9.97 Å². The summed E-state index contributed by atoms with van der Waals surface area (Å²) in [6.45, 7) is 3.98. The van der Waals surface area contributed by atoms with E-state index in [0.717, 1.165) is 22.6 Å². The Morgan fingerprint density at radius 2 is 1.88 bits per heavy atom. The molecule has 0 aliphatic heterocycles. The highest BCUT2D eigenvalue weighted by Gasteiger charge is 2.04. The first-order valence-electron chi connectivity index (χ1n) is 4.98. The summed E-state index contributed by atoms with van der Waals surface area (Å²) in [7, 11) is 0. The summed E-state index contributed by atoms with van der Waals surface area (Å²) in [4.78, 5) is 8.07. The van der Waals surface area contributed by atoms with Crippen molar-refractivity contribution in [2.45, 2.75) is 13.8 Å². The van der Waals surface area contributed by atoms with Gasteiger partial charge >= 0.3 is 0 Å². The maximum absolute atomic E-state index is 5.76. The molecule has 1 aromatic carbocycles. The number of rotatable bonds is 2. The third-order valence-corrected chi connectivity index (χ3v) is 2.52. The topological polar surface area (TPSA) is 37.8 Å². The average molecular weight is 234 g/mol. The van der Waals surface area contributed by atoms with Gasteiger partial charge in [-0.15, -0.1) is 0 Å². The van der Waals surface area contributed by atoms with Crippen molar-refractivity contribution in [2.75, 3.05) is 5.32 Å². The van der Waals surface area contributed by atoms with E-state index >= 15 is 0 Å². The van der Waals surface area contributed by atoms with Gasteiger partial charge in [-0.2, -0.15) is 0 Å². The van der Waals surface area contributed by atoms with E-state index in [2.05, 4.69) is 15.3 Å². The molecule has 0 spiro atoms. The molecule has 0 unspecified atom stereocenters. The van der Waals surface area contributed by atoms with Crippen LogP contribution in [0.15, 0.2) is 30.5 Å². The highest BCUT2D eigenvalue weighted by molar-refractivity contribution is 6.28. The lowest BCUT2D eigenvalue weighted by molar-refractivity contribution is 1.13. The number of nitrogens with zero attached hydrogens (tertiary/aromatic N) is 2. The van der Waals surface area contributed by atoms with Gasteiger partial charge in [0.05, 0.1) is 0 Å². The van der Waals surface area contributed by atoms with E-state index in [1.165, 1.54) is 0 Å². The number of hydrogen-bond acceptors (Lipinski definition) is 3. The molecule has 82 valence electrons. The summed E-state index contributed by atoms with van der Waals surface area (Å²) in [5.74, 6) is 0.745. The van der Waals surface area contributed by atoms with Crippen LogP contribution in [0.5, 0.6) is 0 Å². The molecule has 2 rings (SSSR count). The first kappa shape index (κ1) is 10.9. The van der Waals surface area contributed by atoms with Crippen molar-refractivity contribution in [3.05, 3.63) is 46.9 Å². The van der Waals surface area contributed by atoms with E-state index < -0.39 is 0 Å². The summed E-state index contributed by atoms with van der Waals surface area (Å²) < 4.78 is 0. The van der Waals surface area contributed by atoms with Crippen molar-refractivity contribution in [2.24, 2.45) is 0 Å². The van der Waals surface area contributed by atoms with Gasteiger partial charge in [0.15, 0.2) is 0 Å². The van der Waals surface area contributed by atoms with Crippen LogP contribution in [0.25, 0.3) is 0 Å². The molecule has 0 radical (unpaired) electrons. The molecule has 1 heterocycles. The molecule has 1 aromatic heterocycles. The van der Waals surface area contributed by atoms with Crippen LogP contribution in [0.3, 0.4) is 0 Å². The molecule has 2 aromatic rings. The molecule has 1 N–H and O–H groups in total. The zero-order valence-electron chi connectivity index (χ0n) is 9.16. The van der Waals surface area contributed by atoms with Crippen molar-refractivity contribution in [3.8, 4) is 0 Å². The SMILES string of the molecule is Cc1ccccc1Nc1nc(Cl)ncc1C. The Bertz CT molecular complexity index is 511. The number of aromatic nitrogens is 2. The second-order valence-corrected chi connectivity index (χ2v) is 3.95. The van der Waals surface area contributed by atoms with Crippen LogP contribution in [0, 0.1) is 13.8 Å². The molecule has 16 heavy (non-hydrogen) atoms. The first-order chi connectivity index (χ1) is 7.66. The summed E-state index contributed by atoms with van der Waals surface area (Å²) in [6.07, 6.45) is 1.70. The van der Waals surface area contributed by atoms with Crippen LogP contribution in [0.1, 0.15) is 11.1 Å². The van der Waals surface area contributed by atoms with Crippen LogP contribution in [-0.2, 0) is 0 Å². The normalized spacial score (nSPS) is 10.2. The standard InChI is InChI=1S/C12H12ClN3/c1-8-5-3-4-6-10(8)15-11-9(2)7-14-12(13)16-11/h3-7H,1-2H3,(H,14,15,16). The van der Waals surface area contributed by atoms with Crippen molar-refractivity contribution in [1.82, 2.24) is 9.97 Å². The molecular formula is C12H12ClN3. The van der Waals surface area contributed by atoms with E-state index in [1.807, 2.05) is 38.1 Å². The zero-order chi connectivity index (χ0) is 11.5. The smallest absolute Gasteiger partial charge is 0.224 e. The molecule has 0 saturated heterocycles. The van der Waals surface area contributed by atoms with Crippen molar-refractivity contribution in [3.63, 3.8) is 0 Å². The molecule has 3 nitrogen and oxygen atoms in total. The maximum atomic E-state index is 5.76. The number of para-hydroxylation sites is 1. The van der Waals surface area contributed by atoms with Gasteiger partial charge in [0, 0.05) is 17.4 Å². The number of anilines is 2. The summed E-state index contributed by atoms with van der Waals surface area (Å²) >= 11 is 5.76. The first-order valence-corrected chi connectivity index (χ1v) is 5.36. The van der Waals surface area contributed by atoms with Gasteiger partial charge < -0.3 is 5.32 Å². The molecule has 0 bridgehead atoms. The van der Waals surface area contributed by atoms with Gasteiger partial charge in [-0.1, -0.05) is 18.2 Å². The highest BCUT2D eigenvalue weighted by Crippen LogP contribution is 2.21. The van der Waals surface area contributed by atoms with Crippen molar-refractivity contribution >= 4 is 23.1 Å². The van der Waals surface area contributed by atoms with Crippen molar-refractivity contribution < 1.29 is 0 Å². The zero-order valence-corrected chi connectivity index (χ0v) is 9.92. The molecule has 0 amide bonds. The maximum Gasteiger partial charge on any atom is 0.224 e. The minimum absolute atomic E-state index is 0.252. The Morgan fingerprint density at radius 3 is 2.62 bits per heavy atom. The van der Waals surface area contributed by atoms with Crippen LogP contribution in [-0.4, -0.2) is 9.97 Å². The van der Waals surface area contributed by atoms with Crippen LogP contribution < -0.4 is 5.32 Å². The van der Waals surface area contributed by atoms with Gasteiger partial charge in [0.25, 0.3) is 0 Å². The Balaban J connectivity index is 2.34. The molecule has 0 aliphatic carbocycles. The Morgan fingerprint density at radius 1 is 1.12 bits per heavy atom. The molecule has 0 saturated carbocycles. The number of benzene rings is 1. The average Bonchev–Trinajstić information content (AvgIpc) is 2.27. The van der Waals surface area contributed by atoms with E-state index in [0.29, 0.717) is 0 Å². The van der Waals surface area contributed by atoms with E-state index in [-0.39, 0.29) is 5.28 Å². The number of aryl methyl sites for hydroxylation is 2. The van der Waals surface area contributed by atoms with E-state index in [4.69, 9.17) is 11.6 Å². The molecule has 0 fully saturated rings. The largest absolute Gasteiger partial charge is 0.340 e. The molecule has 4 heteroatoms. The Hall–Kier alpha value is -1.61. The predicted octanol–water partition coefficient (Wildman–Crippen LogP) is 3.49. The number of nitrogens with one attached hydrogen (secondary N) is 1. The Kier molecular flexibility index (Phi) is 3.06. The fourth-order valence-corrected chi connectivity index (χ4v) is 1.52. The monoisotopic (exact) mass is 233 g/mol. The summed E-state index contributed by atoms with van der Waals surface area (Å²) in [6, 6.07) is 8.03. The van der Waals surface area contributed by atoms with Gasteiger partial charge in [-0.05, 0) is 37.1 Å². The molecule has 0 aliphatic rings. The van der Waals surface area contributed by atoms with Crippen molar-refractivity contribution in [1.29, 1.82) is 0 Å². The Labute approximate surface area is 99.5 Å². The summed E-state index contributed by atoms with van der Waals surface area (Å²) in [5, 5.41) is 3.50.